The van der Waals surface area contributed by atoms with Gasteiger partial charge in [0, 0.05) is 34.8 Å². The number of hydrogen-bond acceptors (Lipinski definition) is 5. The largest absolute Gasteiger partial charge is 0.485 e. The number of pyridine rings is 1. The summed E-state index contributed by atoms with van der Waals surface area (Å²) in [7, 11) is 2.26. The van der Waals surface area contributed by atoms with Crippen molar-refractivity contribution in [2.45, 2.75) is 55.6 Å². The maximum absolute atomic E-state index is 7.43. The second-order valence-corrected chi connectivity index (χ2v) is 13.7. The fourth-order valence-electron chi connectivity index (χ4n) is 8.78. The van der Waals surface area contributed by atoms with Crippen molar-refractivity contribution in [2.24, 2.45) is 0 Å². The number of likely N-dealkylation sites (N-methyl/N-ethyl adjacent to an activating group) is 1. The summed E-state index contributed by atoms with van der Waals surface area (Å²) in [4.78, 5) is 7.72. The van der Waals surface area contributed by atoms with Crippen LogP contribution in [0, 0.1) is 0 Å². The van der Waals surface area contributed by atoms with E-state index in [1.54, 1.807) is 0 Å². The molecular weight excluding hydrogens is 592 g/mol. The molecule has 3 heterocycles. The first-order valence-electron chi connectivity index (χ1n) is 16.2. The molecular formula is C40H35ClN2O3. The highest BCUT2D eigenvalue weighted by Gasteiger charge is 2.73. The van der Waals surface area contributed by atoms with Gasteiger partial charge in [-0.2, -0.15) is 0 Å². The molecule has 9 rings (SSSR count). The van der Waals surface area contributed by atoms with Crippen LogP contribution in [0.4, 0.5) is 0 Å². The summed E-state index contributed by atoms with van der Waals surface area (Å²) in [6.45, 7) is 1.98. The highest BCUT2D eigenvalue weighted by molar-refractivity contribution is 6.30. The molecule has 0 saturated carbocycles. The van der Waals surface area contributed by atoms with Gasteiger partial charge in [-0.25, -0.2) is 0 Å². The summed E-state index contributed by atoms with van der Waals surface area (Å²) in [5.41, 5.74) is 8.35. The first-order valence-corrected chi connectivity index (χ1v) is 16.6. The predicted molar refractivity (Wildman–Crippen MR) is 179 cm³/mol. The predicted octanol–water partition coefficient (Wildman–Crippen LogP) is 8.12. The average Bonchev–Trinajstić information content (AvgIpc) is 3.45. The number of aromatic nitrogens is 1. The van der Waals surface area contributed by atoms with Crippen molar-refractivity contribution in [3.8, 4) is 22.6 Å². The molecule has 1 saturated heterocycles. The monoisotopic (exact) mass is 626 g/mol. The van der Waals surface area contributed by atoms with Crippen molar-refractivity contribution in [2.75, 3.05) is 13.6 Å². The van der Waals surface area contributed by atoms with Gasteiger partial charge in [0.15, 0.2) is 17.6 Å². The molecule has 1 spiro atoms. The second-order valence-electron chi connectivity index (χ2n) is 13.2. The molecule has 0 amide bonds. The molecule has 4 aliphatic rings. The summed E-state index contributed by atoms with van der Waals surface area (Å²) in [6.07, 6.45) is 4.28. The lowest BCUT2D eigenvalue weighted by Gasteiger charge is -2.64. The Balaban J connectivity index is 1.22. The third-order valence-corrected chi connectivity index (χ3v) is 11.1. The van der Waals surface area contributed by atoms with E-state index in [1.165, 1.54) is 22.3 Å². The van der Waals surface area contributed by atoms with Crippen LogP contribution in [0.25, 0.3) is 11.1 Å². The minimum Gasteiger partial charge on any atom is -0.485 e. The van der Waals surface area contributed by atoms with Crippen molar-refractivity contribution in [3.05, 3.63) is 148 Å². The third-order valence-electron chi connectivity index (χ3n) is 10.9. The van der Waals surface area contributed by atoms with Gasteiger partial charge in [0.05, 0.1) is 17.7 Å². The molecule has 46 heavy (non-hydrogen) atoms. The summed E-state index contributed by atoms with van der Waals surface area (Å²) in [5, 5.41) is 0.723. The Morgan fingerprint density at radius 3 is 2.37 bits per heavy atom. The van der Waals surface area contributed by atoms with Gasteiger partial charge in [-0.1, -0.05) is 90.5 Å². The minimum atomic E-state index is -0.524. The van der Waals surface area contributed by atoms with E-state index >= 15 is 0 Å². The number of halogens is 1. The Hall–Kier alpha value is -4.16. The first-order chi connectivity index (χ1) is 22.6. The van der Waals surface area contributed by atoms with Crippen LogP contribution in [0.2, 0.25) is 5.02 Å². The number of ether oxygens (including phenoxy) is 3. The molecule has 2 aliphatic heterocycles. The van der Waals surface area contributed by atoms with E-state index in [0.717, 1.165) is 64.7 Å². The highest BCUT2D eigenvalue weighted by atomic mass is 35.5. The SMILES string of the molecule is CN1CC[C@]23c4c5ccc(OCc6ccccc6)c4O[C@H]2c2ncc(-c4ccc(Cl)cc4)cc2C[C@@]3(OCc2ccccc2)[C@H]1C5. The van der Waals surface area contributed by atoms with E-state index in [9.17, 15) is 0 Å². The Morgan fingerprint density at radius 1 is 0.870 bits per heavy atom. The normalized spacial score (nSPS) is 25.3. The maximum atomic E-state index is 7.43. The smallest absolute Gasteiger partial charge is 0.166 e. The van der Waals surface area contributed by atoms with Crippen LogP contribution in [-0.2, 0) is 36.2 Å². The lowest BCUT2D eigenvalue weighted by atomic mass is 9.48. The number of fused-ring (bicyclic) bond motifs is 2. The molecule has 2 bridgehead atoms. The molecule has 230 valence electrons. The van der Waals surface area contributed by atoms with Gasteiger partial charge in [0.1, 0.15) is 12.2 Å². The topological polar surface area (TPSA) is 43.8 Å². The van der Waals surface area contributed by atoms with E-state index in [-0.39, 0.29) is 12.1 Å². The molecule has 0 N–H and O–H groups in total. The summed E-state index contributed by atoms with van der Waals surface area (Å²) in [5.74, 6) is 1.66. The number of hydrogen-bond donors (Lipinski definition) is 0. The van der Waals surface area contributed by atoms with Gasteiger partial charge < -0.3 is 19.1 Å². The third kappa shape index (κ3) is 4.12. The second kappa shape index (κ2) is 10.7. The lowest BCUT2D eigenvalue weighted by molar-refractivity contribution is -0.207. The molecule has 0 radical (unpaired) electrons. The number of likely N-dealkylation sites (tertiary alicyclic amines) is 1. The molecule has 5 aromatic rings. The Labute approximate surface area is 274 Å². The fraction of sp³-hybridized carbons (Fsp3) is 0.275. The average molecular weight is 627 g/mol. The van der Waals surface area contributed by atoms with Gasteiger partial charge in [-0.05, 0) is 78.5 Å². The van der Waals surface area contributed by atoms with Gasteiger partial charge in [0.25, 0.3) is 0 Å². The van der Waals surface area contributed by atoms with Crippen LogP contribution in [0.3, 0.4) is 0 Å². The van der Waals surface area contributed by atoms with E-state index in [2.05, 4.69) is 84.7 Å². The van der Waals surface area contributed by atoms with Crippen LogP contribution in [0.15, 0.2) is 109 Å². The van der Waals surface area contributed by atoms with Crippen molar-refractivity contribution < 1.29 is 14.2 Å². The molecule has 4 atom stereocenters. The van der Waals surface area contributed by atoms with Crippen LogP contribution >= 0.6 is 11.6 Å². The van der Waals surface area contributed by atoms with E-state index < -0.39 is 11.0 Å². The Bertz CT molecular complexity index is 1930. The van der Waals surface area contributed by atoms with Gasteiger partial charge in [-0.3, -0.25) is 4.98 Å². The molecule has 6 heteroatoms. The zero-order chi connectivity index (χ0) is 30.9. The standard InChI is InChI=1S/C40H35ClN2O3/c1-43-19-18-39-35-29-14-17-33(44-24-26-8-4-2-5-9-26)37(35)46-38(39)36-30(20-31(23-42-36)28-12-15-32(41)16-13-28)22-40(39,34(43)21-29)45-25-27-10-6-3-7-11-27/h2-17,20,23,34,38H,18-19,21-22,24-25H2,1H3/t34-,38+,39+,40-/m1/s1. The number of rotatable bonds is 7. The van der Waals surface area contributed by atoms with Gasteiger partial charge >= 0.3 is 0 Å². The number of piperidine rings is 1. The Morgan fingerprint density at radius 2 is 1.61 bits per heavy atom. The summed E-state index contributed by atoms with van der Waals surface area (Å²) >= 11 is 6.24. The quantitative estimate of drug-likeness (QED) is 0.183. The van der Waals surface area contributed by atoms with Crippen molar-refractivity contribution in [3.63, 3.8) is 0 Å². The molecule has 1 aromatic heterocycles. The van der Waals surface area contributed by atoms with Crippen LogP contribution in [-0.4, -0.2) is 35.1 Å². The zero-order valence-electron chi connectivity index (χ0n) is 25.8. The fourth-order valence-corrected chi connectivity index (χ4v) is 8.91. The lowest BCUT2D eigenvalue weighted by Crippen LogP contribution is -2.74. The number of nitrogens with zero attached hydrogens (tertiary/aromatic N) is 2. The van der Waals surface area contributed by atoms with E-state index in [4.69, 9.17) is 30.8 Å². The van der Waals surface area contributed by atoms with Crippen LogP contribution in [0.5, 0.6) is 11.5 Å². The molecule has 0 unspecified atom stereocenters. The highest BCUT2D eigenvalue weighted by Crippen LogP contribution is 2.69. The zero-order valence-corrected chi connectivity index (χ0v) is 26.5. The molecule has 4 aromatic carbocycles. The maximum Gasteiger partial charge on any atom is 0.166 e. The van der Waals surface area contributed by atoms with E-state index in [0.29, 0.717) is 13.2 Å². The number of benzene rings is 4. The molecule has 5 nitrogen and oxygen atoms in total. The van der Waals surface area contributed by atoms with Crippen molar-refractivity contribution in [1.82, 2.24) is 9.88 Å². The van der Waals surface area contributed by atoms with Crippen molar-refractivity contribution in [1.29, 1.82) is 0 Å². The molecule has 1 fully saturated rings. The molecule has 2 aliphatic carbocycles. The summed E-state index contributed by atoms with van der Waals surface area (Å²) in [6, 6.07) is 35.7. The van der Waals surface area contributed by atoms with Gasteiger partial charge in [-0.15, -0.1) is 0 Å². The van der Waals surface area contributed by atoms with Crippen LogP contribution < -0.4 is 9.47 Å². The first kappa shape index (κ1) is 28.1. The Kier molecular flexibility index (Phi) is 6.53. The van der Waals surface area contributed by atoms with Gasteiger partial charge in [0.2, 0.25) is 0 Å². The van der Waals surface area contributed by atoms with Crippen LogP contribution in [0.1, 0.15) is 46.0 Å². The summed E-state index contributed by atoms with van der Waals surface area (Å²) < 4.78 is 21.2. The van der Waals surface area contributed by atoms with E-state index in [1.807, 2.05) is 36.5 Å². The minimum absolute atomic E-state index is 0.179. The van der Waals surface area contributed by atoms with Crippen molar-refractivity contribution >= 4 is 11.6 Å².